The van der Waals surface area contributed by atoms with Gasteiger partial charge < -0.3 is 14.7 Å². The summed E-state index contributed by atoms with van der Waals surface area (Å²) >= 11 is 1.35. The number of carbonyl (C=O) groups excluding carboxylic acids is 2. The van der Waals surface area contributed by atoms with Crippen LogP contribution < -0.4 is 0 Å². The summed E-state index contributed by atoms with van der Waals surface area (Å²) in [6.07, 6.45) is 1.37. The summed E-state index contributed by atoms with van der Waals surface area (Å²) in [5.74, 6) is -2.16. The maximum atomic E-state index is 12.4. The number of azo groups is 1. The number of carboxylic acid groups (broad SMARTS) is 1. The first-order valence-corrected chi connectivity index (χ1v) is 7.10. The molecule has 0 aromatic rings. The van der Waals surface area contributed by atoms with Gasteiger partial charge in [0.1, 0.15) is 11.4 Å². The zero-order valence-electron chi connectivity index (χ0n) is 11.6. The molecule has 3 atom stereocenters. The van der Waals surface area contributed by atoms with Gasteiger partial charge >= 0.3 is 11.9 Å². The van der Waals surface area contributed by atoms with Crippen LogP contribution in [0.2, 0.25) is 0 Å². The van der Waals surface area contributed by atoms with Gasteiger partial charge in [-0.2, -0.15) is 5.11 Å². The Morgan fingerprint density at radius 2 is 2.14 bits per heavy atom. The number of nitrogens with zero attached hydrogens (tertiary/aromatic N) is 3. The highest BCUT2D eigenvalue weighted by molar-refractivity contribution is 8.01. The summed E-state index contributed by atoms with van der Waals surface area (Å²) in [5, 5.41) is 16.5. The first-order chi connectivity index (χ1) is 9.74. The maximum absolute atomic E-state index is 12.4. The molecule has 112 valence electrons. The van der Waals surface area contributed by atoms with Crippen LogP contribution in [-0.4, -0.2) is 56.7 Å². The third kappa shape index (κ3) is 1.60. The topological polar surface area (TPSA) is 109 Å². The van der Waals surface area contributed by atoms with Crippen molar-refractivity contribution >= 4 is 29.6 Å². The number of amides is 1. The number of carboxylic acids is 1. The monoisotopic (exact) mass is 311 g/mol. The molecule has 8 nitrogen and oxygen atoms in total. The molecule has 0 aromatic carbocycles. The minimum atomic E-state index is -1.27. The van der Waals surface area contributed by atoms with E-state index in [2.05, 4.69) is 15.0 Å². The van der Waals surface area contributed by atoms with E-state index in [0.29, 0.717) is 0 Å². The maximum Gasteiger partial charge on any atom is 0.358 e. The van der Waals surface area contributed by atoms with Gasteiger partial charge in [0.15, 0.2) is 5.70 Å². The van der Waals surface area contributed by atoms with Gasteiger partial charge in [-0.3, -0.25) is 4.79 Å². The van der Waals surface area contributed by atoms with Gasteiger partial charge in [0.05, 0.1) is 7.11 Å². The van der Waals surface area contributed by atoms with Crippen molar-refractivity contribution in [2.24, 2.45) is 10.2 Å². The smallest absolute Gasteiger partial charge is 0.358 e. The Kier molecular flexibility index (Phi) is 2.72. The molecule has 1 N–H and O–H groups in total. The van der Waals surface area contributed by atoms with Gasteiger partial charge in [-0.05, 0) is 19.9 Å². The Morgan fingerprint density at radius 1 is 1.48 bits per heavy atom. The van der Waals surface area contributed by atoms with Crippen molar-refractivity contribution in [3.05, 3.63) is 11.8 Å². The Labute approximate surface area is 124 Å². The zero-order chi connectivity index (χ0) is 15.6. The summed E-state index contributed by atoms with van der Waals surface area (Å²) in [6.45, 7) is 3.54. The molecule has 3 rings (SSSR count). The van der Waals surface area contributed by atoms with Crippen molar-refractivity contribution in [3.63, 3.8) is 0 Å². The Morgan fingerprint density at radius 3 is 2.71 bits per heavy atom. The second-order valence-electron chi connectivity index (χ2n) is 5.57. The molecule has 0 saturated carbocycles. The quantitative estimate of drug-likeness (QED) is 0.584. The number of fused-ring (bicyclic) bond motifs is 2. The number of aliphatic carboxylic acids is 1. The van der Waals surface area contributed by atoms with Crippen molar-refractivity contribution in [2.75, 3.05) is 7.11 Å². The Hall–Kier alpha value is -1.90. The van der Waals surface area contributed by atoms with E-state index in [0.717, 1.165) is 0 Å². The van der Waals surface area contributed by atoms with Crippen LogP contribution in [0.5, 0.6) is 0 Å². The van der Waals surface area contributed by atoms with Crippen LogP contribution in [0.3, 0.4) is 0 Å². The van der Waals surface area contributed by atoms with Gasteiger partial charge in [-0.15, -0.1) is 16.9 Å². The standard InChI is InChI=1S/C12H13N3O5S/c1-11(2)6(7(16)17)15-9(19)12(10(15)21-11)4-5(13-14-12)8(18)20-3/h4,6,10H,1-3H3,(H,16,17)/t6-,10+,12+/m0/s1. The molecule has 0 aliphatic carbocycles. The van der Waals surface area contributed by atoms with Crippen LogP contribution in [-0.2, 0) is 19.1 Å². The highest BCUT2D eigenvalue weighted by atomic mass is 32.2. The van der Waals surface area contributed by atoms with Crippen molar-refractivity contribution < 1.29 is 24.2 Å². The van der Waals surface area contributed by atoms with Crippen LogP contribution in [0.15, 0.2) is 22.0 Å². The number of β-lactam (4-membered cyclic amide) rings is 1. The number of rotatable bonds is 2. The highest BCUT2D eigenvalue weighted by Gasteiger charge is 2.72. The van der Waals surface area contributed by atoms with Gasteiger partial charge in [-0.25, -0.2) is 9.59 Å². The Balaban J connectivity index is 1.97. The van der Waals surface area contributed by atoms with E-state index in [-0.39, 0.29) is 5.70 Å². The third-order valence-electron chi connectivity index (χ3n) is 3.87. The molecule has 1 spiro atoms. The predicted molar refractivity (Wildman–Crippen MR) is 71.4 cm³/mol. The van der Waals surface area contributed by atoms with Crippen LogP contribution in [0, 0.1) is 0 Å². The fraction of sp³-hybridized carbons (Fsp3) is 0.583. The second-order valence-corrected chi connectivity index (χ2v) is 7.31. The fourth-order valence-corrected chi connectivity index (χ4v) is 4.55. The van der Waals surface area contributed by atoms with Gasteiger partial charge in [-0.1, -0.05) is 0 Å². The van der Waals surface area contributed by atoms with Crippen LogP contribution >= 0.6 is 11.8 Å². The van der Waals surface area contributed by atoms with E-state index in [9.17, 15) is 19.5 Å². The molecule has 3 aliphatic rings. The molecule has 1 amide bonds. The average Bonchev–Trinajstić information content (AvgIpc) is 2.97. The number of ether oxygens (including phenoxy) is 1. The van der Waals surface area contributed by atoms with Crippen molar-refractivity contribution in [1.29, 1.82) is 0 Å². The lowest BCUT2D eigenvalue weighted by Crippen LogP contribution is -2.71. The molecule has 3 aliphatic heterocycles. The lowest BCUT2D eigenvalue weighted by Gasteiger charge is -2.47. The molecule has 2 fully saturated rings. The summed E-state index contributed by atoms with van der Waals surface area (Å²) in [6, 6.07) is -0.920. The van der Waals surface area contributed by atoms with Gasteiger partial charge in [0, 0.05) is 4.75 Å². The Bertz CT molecular complexity index is 628. The minimum absolute atomic E-state index is 0.0253. The highest BCUT2D eigenvalue weighted by Crippen LogP contribution is 2.58. The van der Waals surface area contributed by atoms with Gasteiger partial charge in [0.2, 0.25) is 5.54 Å². The molecule has 0 aromatic heterocycles. The van der Waals surface area contributed by atoms with E-state index in [1.807, 2.05) is 0 Å². The average molecular weight is 311 g/mol. The van der Waals surface area contributed by atoms with Crippen molar-refractivity contribution in [1.82, 2.24) is 4.90 Å². The SMILES string of the molecule is COC(=O)C1=C[C@@]2(N=N1)C(=O)N1[C@@H](C(=O)O)C(C)(C)S[C@@H]12. The summed E-state index contributed by atoms with van der Waals surface area (Å²) in [4.78, 5) is 36.6. The largest absolute Gasteiger partial charge is 0.480 e. The molecular formula is C12H13N3O5S. The van der Waals surface area contributed by atoms with E-state index < -0.39 is 39.5 Å². The minimum Gasteiger partial charge on any atom is -0.480 e. The molecule has 9 heteroatoms. The molecule has 3 heterocycles. The van der Waals surface area contributed by atoms with E-state index in [1.165, 1.54) is 29.8 Å². The second kappa shape index (κ2) is 4.06. The number of hydrogen-bond donors (Lipinski definition) is 1. The number of hydrogen-bond acceptors (Lipinski definition) is 7. The molecule has 0 unspecified atom stereocenters. The van der Waals surface area contributed by atoms with E-state index in [4.69, 9.17) is 0 Å². The molecular weight excluding hydrogens is 298 g/mol. The number of methoxy groups -OCH3 is 1. The summed E-state index contributed by atoms with van der Waals surface area (Å²) in [5.41, 5.74) is -1.29. The number of thioether (sulfide) groups is 1. The number of carbonyl (C=O) groups is 3. The third-order valence-corrected chi connectivity index (χ3v) is 5.51. The zero-order valence-corrected chi connectivity index (χ0v) is 12.4. The molecule has 0 bridgehead atoms. The predicted octanol–water partition coefficient (Wildman–Crippen LogP) is 0.395. The lowest BCUT2D eigenvalue weighted by atomic mass is 9.85. The van der Waals surface area contributed by atoms with Crippen LogP contribution in [0.1, 0.15) is 13.8 Å². The van der Waals surface area contributed by atoms with Crippen LogP contribution in [0.4, 0.5) is 0 Å². The van der Waals surface area contributed by atoms with Gasteiger partial charge in [0.25, 0.3) is 5.91 Å². The van der Waals surface area contributed by atoms with E-state index in [1.54, 1.807) is 13.8 Å². The fourth-order valence-electron chi connectivity index (χ4n) is 2.90. The summed E-state index contributed by atoms with van der Waals surface area (Å²) < 4.78 is 3.91. The molecule has 0 radical (unpaired) electrons. The first-order valence-electron chi connectivity index (χ1n) is 6.22. The van der Waals surface area contributed by atoms with Crippen molar-refractivity contribution in [2.45, 2.75) is 35.5 Å². The summed E-state index contributed by atoms with van der Waals surface area (Å²) in [7, 11) is 1.21. The molecule has 21 heavy (non-hydrogen) atoms. The lowest BCUT2D eigenvalue weighted by molar-refractivity contribution is -0.162. The van der Waals surface area contributed by atoms with E-state index >= 15 is 0 Å². The van der Waals surface area contributed by atoms with Crippen molar-refractivity contribution in [3.8, 4) is 0 Å². The van der Waals surface area contributed by atoms with Crippen LogP contribution in [0.25, 0.3) is 0 Å². The molecule has 2 saturated heterocycles. The normalized spacial score (nSPS) is 35.5. The first kappa shape index (κ1) is 14.1. The number of esters is 1.